The van der Waals surface area contributed by atoms with E-state index in [2.05, 4.69) is 4.98 Å². The summed E-state index contributed by atoms with van der Waals surface area (Å²) in [5.41, 5.74) is 3.68. The summed E-state index contributed by atoms with van der Waals surface area (Å²) in [6.45, 7) is 3.88. The standard InChI is InChI=1S/C16H14ClFN2/c1-10-6-7-15-14(8-10)19-16(11(2)17)20(15)13-5-3-4-12(18)9-13/h3-9,11H,1-2H3. The summed E-state index contributed by atoms with van der Waals surface area (Å²) in [5.74, 6) is 0.447. The maximum Gasteiger partial charge on any atom is 0.132 e. The number of rotatable bonds is 2. The summed E-state index contributed by atoms with van der Waals surface area (Å²) < 4.78 is 15.4. The second-order valence-electron chi connectivity index (χ2n) is 4.89. The highest BCUT2D eigenvalue weighted by Crippen LogP contribution is 2.28. The van der Waals surface area contributed by atoms with E-state index in [4.69, 9.17) is 11.6 Å². The third kappa shape index (κ3) is 2.18. The molecule has 0 radical (unpaired) electrons. The van der Waals surface area contributed by atoms with Gasteiger partial charge in [-0.1, -0.05) is 12.1 Å². The van der Waals surface area contributed by atoms with Crippen molar-refractivity contribution < 1.29 is 4.39 Å². The zero-order valence-electron chi connectivity index (χ0n) is 11.3. The molecule has 0 aliphatic rings. The van der Waals surface area contributed by atoms with Gasteiger partial charge in [0.05, 0.1) is 22.1 Å². The minimum absolute atomic E-state index is 0.258. The summed E-state index contributed by atoms with van der Waals surface area (Å²) in [6.07, 6.45) is 0. The molecule has 20 heavy (non-hydrogen) atoms. The van der Waals surface area contributed by atoms with Crippen LogP contribution < -0.4 is 0 Å². The third-order valence-electron chi connectivity index (χ3n) is 3.26. The fourth-order valence-electron chi connectivity index (χ4n) is 2.36. The van der Waals surface area contributed by atoms with E-state index in [1.807, 2.05) is 42.7 Å². The van der Waals surface area contributed by atoms with Gasteiger partial charge in [-0.2, -0.15) is 0 Å². The van der Waals surface area contributed by atoms with Crippen LogP contribution in [0.1, 0.15) is 23.7 Å². The first-order valence-corrected chi connectivity index (χ1v) is 6.89. The van der Waals surface area contributed by atoms with Gasteiger partial charge in [0.2, 0.25) is 0 Å². The van der Waals surface area contributed by atoms with Gasteiger partial charge < -0.3 is 0 Å². The molecule has 0 aliphatic carbocycles. The van der Waals surface area contributed by atoms with Crippen molar-refractivity contribution in [3.8, 4) is 5.69 Å². The lowest BCUT2D eigenvalue weighted by Gasteiger charge is -2.10. The number of alkyl halides is 1. The summed E-state index contributed by atoms with van der Waals surface area (Å²) in [5, 5.41) is -0.258. The minimum atomic E-state index is -0.273. The highest BCUT2D eigenvalue weighted by molar-refractivity contribution is 6.20. The molecule has 4 heteroatoms. The Morgan fingerprint density at radius 2 is 2.00 bits per heavy atom. The Labute approximate surface area is 121 Å². The molecule has 0 amide bonds. The second kappa shape index (κ2) is 4.91. The predicted molar refractivity (Wildman–Crippen MR) is 80.0 cm³/mol. The second-order valence-corrected chi connectivity index (χ2v) is 5.55. The number of hydrogen-bond donors (Lipinski definition) is 0. The number of imidazole rings is 1. The highest BCUT2D eigenvalue weighted by Gasteiger charge is 2.16. The van der Waals surface area contributed by atoms with E-state index in [0.717, 1.165) is 28.1 Å². The minimum Gasteiger partial charge on any atom is -0.295 e. The Morgan fingerprint density at radius 3 is 2.70 bits per heavy atom. The number of nitrogens with zero attached hydrogens (tertiary/aromatic N) is 2. The lowest BCUT2D eigenvalue weighted by Crippen LogP contribution is -2.02. The maximum absolute atomic E-state index is 13.5. The Bertz CT molecular complexity index is 777. The topological polar surface area (TPSA) is 17.8 Å². The smallest absolute Gasteiger partial charge is 0.132 e. The summed E-state index contributed by atoms with van der Waals surface area (Å²) in [4.78, 5) is 4.59. The summed E-state index contributed by atoms with van der Waals surface area (Å²) in [6, 6.07) is 12.5. The Balaban J connectivity index is 2.34. The van der Waals surface area contributed by atoms with Gasteiger partial charge in [-0.15, -0.1) is 11.6 Å². The molecule has 3 rings (SSSR count). The van der Waals surface area contributed by atoms with Crippen molar-refractivity contribution in [2.24, 2.45) is 0 Å². The van der Waals surface area contributed by atoms with Gasteiger partial charge >= 0.3 is 0 Å². The monoisotopic (exact) mass is 288 g/mol. The highest BCUT2D eigenvalue weighted by atomic mass is 35.5. The number of halogens is 2. The van der Waals surface area contributed by atoms with Crippen molar-refractivity contribution >= 4 is 22.6 Å². The lowest BCUT2D eigenvalue weighted by molar-refractivity contribution is 0.626. The molecule has 0 fully saturated rings. The normalized spacial score (nSPS) is 12.8. The van der Waals surface area contributed by atoms with E-state index in [-0.39, 0.29) is 11.2 Å². The molecule has 1 unspecified atom stereocenters. The van der Waals surface area contributed by atoms with E-state index < -0.39 is 0 Å². The molecule has 0 spiro atoms. The quantitative estimate of drug-likeness (QED) is 0.621. The fraction of sp³-hybridized carbons (Fsp3) is 0.188. The zero-order chi connectivity index (χ0) is 14.3. The molecular weight excluding hydrogens is 275 g/mol. The van der Waals surface area contributed by atoms with Crippen LogP contribution in [0.5, 0.6) is 0 Å². The van der Waals surface area contributed by atoms with Gasteiger partial charge in [-0.05, 0) is 49.7 Å². The van der Waals surface area contributed by atoms with E-state index in [0.29, 0.717) is 0 Å². The van der Waals surface area contributed by atoms with Crippen LogP contribution >= 0.6 is 11.6 Å². The van der Waals surface area contributed by atoms with Crippen LogP contribution in [0.2, 0.25) is 0 Å². The van der Waals surface area contributed by atoms with Crippen LogP contribution in [0.25, 0.3) is 16.7 Å². The molecule has 0 aliphatic heterocycles. The molecule has 0 N–H and O–H groups in total. The van der Waals surface area contributed by atoms with Crippen molar-refractivity contribution in [2.75, 3.05) is 0 Å². The Kier molecular flexibility index (Phi) is 3.22. The van der Waals surface area contributed by atoms with Crippen molar-refractivity contribution in [3.63, 3.8) is 0 Å². The first-order chi connectivity index (χ1) is 9.56. The van der Waals surface area contributed by atoms with Crippen molar-refractivity contribution in [1.29, 1.82) is 0 Å². The van der Waals surface area contributed by atoms with Crippen molar-refractivity contribution in [2.45, 2.75) is 19.2 Å². The van der Waals surface area contributed by atoms with Gasteiger partial charge in [-0.3, -0.25) is 4.57 Å². The van der Waals surface area contributed by atoms with Crippen LogP contribution in [0.4, 0.5) is 4.39 Å². The van der Waals surface area contributed by atoms with E-state index in [1.54, 1.807) is 6.07 Å². The number of aromatic nitrogens is 2. The van der Waals surface area contributed by atoms with Gasteiger partial charge in [0, 0.05) is 0 Å². The molecule has 1 aromatic heterocycles. The van der Waals surface area contributed by atoms with Gasteiger partial charge in [0.15, 0.2) is 0 Å². The van der Waals surface area contributed by atoms with Crippen LogP contribution in [0.3, 0.4) is 0 Å². The van der Waals surface area contributed by atoms with E-state index in [1.165, 1.54) is 12.1 Å². The van der Waals surface area contributed by atoms with Gasteiger partial charge in [-0.25, -0.2) is 9.37 Å². The lowest BCUT2D eigenvalue weighted by atomic mass is 10.2. The number of fused-ring (bicyclic) bond motifs is 1. The Hall–Kier alpha value is -1.87. The molecule has 0 saturated carbocycles. The fourth-order valence-corrected chi connectivity index (χ4v) is 2.51. The molecule has 102 valence electrons. The van der Waals surface area contributed by atoms with E-state index >= 15 is 0 Å². The third-order valence-corrected chi connectivity index (χ3v) is 3.45. The Morgan fingerprint density at radius 1 is 1.20 bits per heavy atom. The van der Waals surface area contributed by atoms with Crippen LogP contribution in [0.15, 0.2) is 42.5 Å². The largest absolute Gasteiger partial charge is 0.295 e. The van der Waals surface area contributed by atoms with E-state index in [9.17, 15) is 4.39 Å². The van der Waals surface area contributed by atoms with Gasteiger partial charge in [0.1, 0.15) is 11.6 Å². The molecular formula is C16H14ClFN2. The first-order valence-electron chi connectivity index (χ1n) is 6.45. The van der Waals surface area contributed by atoms with Crippen LogP contribution in [0, 0.1) is 12.7 Å². The molecule has 1 heterocycles. The first kappa shape index (κ1) is 13.1. The molecule has 2 nitrogen and oxygen atoms in total. The van der Waals surface area contributed by atoms with Gasteiger partial charge in [0.25, 0.3) is 0 Å². The summed E-state index contributed by atoms with van der Waals surface area (Å²) in [7, 11) is 0. The molecule has 2 aromatic carbocycles. The SMILES string of the molecule is Cc1ccc2c(c1)nc(C(C)Cl)n2-c1cccc(F)c1. The van der Waals surface area contributed by atoms with Crippen molar-refractivity contribution in [1.82, 2.24) is 9.55 Å². The average Bonchev–Trinajstić information content (AvgIpc) is 2.77. The van der Waals surface area contributed by atoms with Crippen molar-refractivity contribution in [3.05, 3.63) is 59.7 Å². The average molecular weight is 289 g/mol. The maximum atomic E-state index is 13.5. The molecule has 3 aromatic rings. The molecule has 0 bridgehead atoms. The summed E-state index contributed by atoms with van der Waals surface area (Å²) >= 11 is 6.23. The molecule has 1 atom stereocenters. The number of benzene rings is 2. The molecule has 0 saturated heterocycles. The van der Waals surface area contributed by atoms with Crippen LogP contribution in [-0.2, 0) is 0 Å². The van der Waals surface area contributed by atoms with Crippen LogP contribution in [-0.4, -0.2) is 9.55 Å². The zero-order valence-corrected chi connectivity index (χ0v) is 12.0. The number of aryl methyl sites for hydroxylation is 1. The number of hydrogen-bond acceptors (Lipinski definition) is 1. The predicted octanol–water partition coefficient (Wildman–Crippen LogP) is 4.77.